The molecule has 10 heavy (non-hydrogen) atoms. The van der Waals surface area contributed by atoms with Gasteiger partial charge in [-0.2, -0.15) is 0 Å². The number of fused-ring (bicyclic) bond motifs is 1. The smallest absolute Gasteiger partial charge is 0.0407 e. The van der Waals surface area contributed by atoms with Crippen molar-refractivity contribution in [3.63, 3.8) is 0 Å². The third kappa shape index (κ3) is 0.637. The molecule has 1 aromatic rings. The predicted molar refractivity (Wildman–Crippen MR) is 42.3 cm³/mol. The summed E-state index contributed by atoms with van der Waals surface area (Å²) < 4.78 is 0. The molecule has 0 spiro atoms. The van der Waals surface area contributed by atoms with Crippen molar-refractivity contribution in [3.05, 3.63) is 42.0 Å². The molecule has 1 aliphatic heterocycles. The van der Waals surface area contributed by atoms with E-state index in [1.54, 1.807) is 0 Å². The van der Waals surface area contributed by atoms with E-state index in [9.17, 15) is 0 Å². The molecule has 0 amide bonds. The molecule has 1 aromatic carbocycles. The molecule has 0 atom stereocenters. The molecule has 1 heterocycles. The van der Waals surface area contributed by atoms with E-state index >= 15 is 0 Å². The Morgan fingerprint density at radius 1 is 1.30 bits per heavy atom. The molecule has 0 bridgehead atoms. The third-order valence-electron chi connectivity index (χ3n) is 1.83. The fourth-order valence-electron chi connectivity index (χ4n) is 1.27. The molecule has 50 valence electrons. The molecule has 0 saturated heterocycles. The number of benzene rings is 1. The minimum Gasteiger partial charge on any atom is -0.381 e. The highest BCUT2D eigenvalue weighted by atomic mass is 14.9. The van der Waals surface area contributed by atoms with Gasteiger partial charge < -0.3 is 5.32 Å². The standard InChI is InChI=1S/C9H9N/c1-7-9-5-3-2-4-8(9)6-10-7/h2-5,10H,1,6H2. The first-order chi connectivity index (χ1) is 4.88. The zero-order valence-corrected chi connectivity index (χ0v) is 5.72. The van der Waals surface area contributed by atoms with Crippen molar-refractivity contribution in [1.82, 2.24) is 5.32 Å². The molecule has 0 unspecified atom stereocenters. The molecule has 0 aromatic heterocycles. The summed E-state index contributed by atoms with van der Waals surface area (Å²) in [6, 6.07) is 8.31. The van der Waals surface area contributed by atoms with Gasteiger partial charge in [0.1, 0.15) is 0 Å². The van der Waals surface area contributed by atoms with E-state index in [1.165, 1.54) is 11.1 Å². The lowest BCUT2D eigenvalue weighted by atomic mass is 10.1. The van der Waals surface area contributed by atoms with Crippen molar-refractivity contribution in [2.24, 2.45) is 0 Å². The minimum atomic E-state index is 0.939. The van der Waals surface area contributed by atoms with E-state index in [-0.39, 0.29) is 0 Å². The van der Waals surface area contributed by atoms with Crippen LogP contribution in [0.25, 0.3) is 5.70 Å². The Morgan fingerprint density at radius 2 is 2.10 bits per heavy atom. The van der Waals surface area contributed by atoms with Crippen molar-refractivity contribution in [2.75, 3.05) is 0 Å². The van der Waals surface area contributed by atoms with Crippen LogP contribution in [-0.2, 0) is 6.54 Å². The number of nitrogens with one attached hydrogen (secondary N) is 1. The number of hydrogen-bond donors (Lipinski definition) is 1. The van der Waals surface area contributed by atoms with Gasteiger partial charge >= 0.3 is 0 Å². The number of hydrogen-bond acceptors (Lipinski definition) is 1. The highest BCUT2D eigenvalue weighted by molar-refractivity contribution is 5.68. The van der Waals surface area contributed by atoms with Crippen molar-refractivity contribution in [2.45, 2.75) is 6.54 Å². The van der Waals surface area contributed by atoms with Gasteiger partial charge in [0.05, 0.1) is 0 Å². The summed E-state index contributed by atoms with van der Waals surface area (Å²) in [5, 5.41) is 3.19. The summed E-state index contributed by atoms with van der Waals surface area (Å²) in [7, 11) is 0. The van der Waals surface area contributed by atoms with Gasteiger partial charge in [0, 0.05) is 17.8 Å². The Balaban J connectivity index is 2.61. The van der Waals surface area contributed by atoms with Gasteiger partial charge in [0.25, 0.3) is 0 Å². The Labute approximate surface area is 60.4 Å². The van der Waals surface area contributed by atoms with Gasteiger partial charge in [0.2, 0.25) is 0 Å². The van der Waals surface area contributed by atoms with Gasteiger partial charge in [-0.3, -0.25) is 0 Å². The van der Waals surface area contributed by atoms with Crippen LogP contribution < -0.4 is 5.32 Å². The molecule has 1 aliphatic rings. The molecule has 0 aliphatic carbocycles. The average molecular weight is 131 g/mol. The molecule has 1 heteroatoms. The van der Waals surface area contributed by atoms with Crippen LogP contribution in [0.3, 0.4) is 0 Å². The van der Waals surface area contributed by atoms with Crippen molar-refractivity contribution < 1.29 is 0 Å². The lowest BCUT2D eigenvalue weighted by Crippen LogP contribution is -1.98. The first-order valence-corrected chi connectivity index (χ1v) is 3.39. The van der Waals surface area contributed by atoms with Crippen molar-refractivity contribution >= 4 is 5.70 Å². The lowest BCUT2D eigenvalue weighted by Gasteiger charge is -1.94. The van der Waals surface area contributed by atoms with Gasteiger partial charge in [-0.1, -0.05) is 30.8 Å². The maximum atomic E-state index is 3.88. The van der Waals surface area contributed by atoms with Crippen LogP contribution in [0.2, 0.25) is 0 Å². The Hall–Kier alpha value is -1.24. The maximum absolute atomic E-state index is 3.88. The second-order valence-electron chi connectivity index (χ2n) is 2.49. The van der Waals surface area contributed by atoms with E-state index in [1.807, 2.05) is 6.07 Å². The van der Waals surface area contributed by atoms with Crippen LogP contribution in [0.5, 0.6) is 0 Å². The Morgan fingerprint density at radius 3 is 2.90 bits per heavy atom. The van der Waals surface area contributed by atoms with E-state index in [2.05, 4.69) is 30.1 Å². The van der Waals surface area contributed by atoms with E-state index in [4.69, 9.17) is 0 Å². The Kier molecular flexibility index (Phi) is 1.04. The fraction of sp³-hybridized carbons (Fsp3) is 0.111. The molecular formula is C9H9N. The third-order valence-corrected chi connectivity index (χ3v) is 1.83. The van der Waals surface area contributed by atoms with Crippen LogP contribution in [0, 0.1) is 0 Å². The summed E-state index contributed by atoms with van der Waals surface area (Å²) in [4.78, 5) is 0. The molecular weight excluding hydrogens is 122 g/mol. The van der Waals surface area contributed by atoms with Crippen LogP contribution in [0.4, 0.5) is 0 Å². The zero-order chi connectivity index (χ0) is 6.97. The summed E-state index contributed by atoms with van der Waals surface area (Å²) >= 11 is 0. The van der Waals surface area contributed by atoms with Gasteiger partial charge in [-0.25, -0.2) is 0 Å². The van der Waals surface area contributed by atoms with Crippen molar-refractivity contribution in [1.29, 1.82) is 0 Å². The monoisotopic (exact) mass is 131 g/mol. The Bertz CT molecular complexity index is 276. The SMILES string of the molecule is C=C1NCc2ccccc21. The van der Waals surface area contributed by atoms with Gasteiger partial charge in [0.15, 0.2) is 0 Å². The normalized spacial score (nSPS) is 14.6. The van der Waals surface area contributed by atoms with E-state index in [0.717, 1.165) is 12.2 Å². The summed E-state index contributed by atoms with van der Waals surface area (Å²) in [6.45, 7) is 4.82. The maximum Gasteiger partial charge on any atom is 0.0407 e. The molecule has 1 N–H and O–H groups in total. The second kappa shape index (κ2) is 1.87. The largest absolute Gasteiger partial charge is 0.381 e. The molecule has 1 nitrogen and oxygen atoms in total. The van der Waals surface area contributed by atoms with Crippen LogP contribution in [0.15, 0.2) is 30.8 Å². The highest BCUT2D eigenvalue weighted by Crippen LogP contribution is 2.21. The molecule has 0 saturated carbocycles. The summed E-state index contributed by atoms with van der Waals surface area (Å²) in [5.74, 6) is 0. The van der Waals surface area contributed by atoms with E-state index < -0.39 is 0 Å². The summed E-state index contributed by atoms with van der Waals surface area (Å²) in [5.41, 5.74) is 3.67. The topological polar surface area (TPSA) is 12.0 Å². The number of rotatable bonds is 0. The minimum absolute atomic E-state index is 0.939. The molecule has 0 radical (unpaired) electrons. The highest BCUT2D eigenvalue weighted by Gasteiger charge is 2.10. The lowest BCUT2D eigenvalue weighted by molar-refractivity contribution is 0.946. The van der Waals surface area contributed by atoms with Crippen LogP contribution in [-0.4, -0.2) is 0 Å². The summed E-state index contributed by atoms with van der Waals surface area (Å²) in [6.07, 6.45) is 0. The molecule has 0 fully saturated rings. The predicted octanol–water partition coefficient (Wildman–Crippen LogP) is 1.76. The average Bonchev–Trinajstić information content (AvgIpc) is 2.34. The van der Waals surface area contributed by atoms with Gasteiger partial charge in [-0.05, 0) is 5.56 Å². The van der Waals surface area contributed by atoms with Gasteiger partial charge in [-0.15, -0.1) is 0 Å². The van der Waals surface area contributed by atoms with Crippen molar-refractivity contribution in [3.8, 4) is 0 Å². The first kappa shape index (κ1) is 5.54. The fourth-order valence-corrected chi connectivity index (χ4v) is 1.27. The zero-order valence-electron chi connectivity index (χ0n) is 5.72. The quantitative estimate of drug-likeness (QED) is 0.565. The first-order valence-electron chi connectivity index (χ1n) is 3.39. The second-order valence-corrected chi connectivity index (χ2v) is 2.49. The van der Waals surface area contributed by atoms with Crippen LogP contribution >= 0.6 is 0 Å². The van der Waals surface area contributed by atoms with Crippen LogP contribution in [0.1, 0.15) is 11.1 Å². The molecule has 2 rings (SSSR count). The van der Waals surface area contributed by atoms with E-state index in [0.29, 0.717) is 0 Å².